The Morgan fingerprint density at radius 3 is 2.40 bits per heavy atom. The lowest BCUT2D eigenvalue weighted by Crippen LogP contribution is -1.87. The maximum Gasteiger partial charge on any atom is 0.123 e. The van der Waals surface area contributed by atoms with Gasteiger partial charge in [0, 0.05) is 0 Å². The Labute approximate surface area is 92.3 Å². The minimum atomic E-state index is -0.263. The van der Waals surface area contributed by atoms with Gasteiger partial charge in [-0.15, -0.1) is 0 Å². The third-order valence-electron chi connectivity index (χ3n) is 2.15. The Kier molecular flexibility index (Phi) is 2.60. The molecule has 0 fully saturated rings. The highest BCUT2D eigenvalue weighted by Gasteiger charge is 2.01. The van der Waals surface area contributed by atoms with Crippen LogP contribution >= 0.6 is 11.6 Å². The van der Waals surface area contributed by atoms with Crippen LogP contribution < -0.4 is 5.73 Å². The summed E-state index contributed by atoms with van der Waals surface area (Å²) in [6, 6.07) is 11.6. The molecule has 0 unspecified atom stereocenters. The predicted molar refractivity (Wildman–Crippen MR) is 61.3 cm³/mol. The fourth-order valence-electron chi connectivity index (χ4n) is 1.39. The van der Waals surface area contributed by atoms with Gasteiger partial charge in [-0.2, -0.15) is 0 Å². The maximum atomic E-state index is 13.0. The van der Waals surface area contributed by atoms with Crippen LogP contribution in [0.25, 0.3) is 11.1 Å². The second-order valence-corrected chi connectivity index (χ2v) is 3.65. The van der Waals surface area contributed by atoms with E-state index in [0.717, 1.165) is 11.1 Å². The monoisotopic (exact) mass is 221 g/mol. The van der Waals surface area contributed by atoms with E-state index < -0.39 is 0 Å². The van der Waals surface area contributed by atoms with Crippen LogP contribution in [0.4, 0.5) is 10.1 Å². The van der Waals surface area contributed by atoms with Crippen LogP contribution in [-0.2, 0) is 0 Å². The van der Waals surface area contributed by atoms with E-state index in [9.17, 15) is 4.39 Å². The first-order valence-electron chi connectivity index (χ1n) is 4.48. The number of nitrogens with two attached hydrogens (primary N) is 1. The first-order valence-corrected chi connectivity index (χ1v) is 4.85. The molecule has 2 N–H and O–H groups in total. The fraction of sp³-hybridized carbons (Fsp3) is 0. The van der Waals surface area contributed by atoms with E-state index in [4.69, 9.17) is 17.3 Å². The van der Waals surface area contributed by atoms with Gasteiger partial charge in [-0.1, -0.05) is 29.8 Å². The Morgan fingerprint density at radius 2 is 1.73 bits per heavy atom. The van der Waals surface area contributed by atoms with Crippen LogP contribution in [-0.4, -0.2) is 0 Å². The van der Waals surface area contributed by atoms with Crippen molar-refractivity contribution >= 4 is 17.3 Å². The summed E-state index contributed by atoms with van der Waals surface area (Å²) in [4.78, 5) is 0. The molecular formula is C12H9ClFN. The number of anilines is 1. The average molecular weight is 222 g/mol. The number of halogens is 2. The zero-order chi connectivity index (χ0) is 10.8. The first kappa shape index (κ1) is 9.99. The summed E-state index contributed by atoms with van der Waals surface area (Å²) < 4.78 is 13.0. The van der Waals surface area contributed by atoms with Crippen molar-refractivity contribution in [3.8, 4) is 11.1 Å². The third kappa shape index (κ3) is 2.10. The van der Waals surface area contributed by atoms with Gasteiger partial charge in [0.1, 0.15) is 5.82 Å². The lowest BCUT2D eigenvalue weighted by molar-refractivity contribution is 0.628. The molecule has 0 atom stereocenters. The fourth-order valence-corrected chi connectivity index (χ4v) is 1.51. The smallest absolute Gasteiger partial charge is 0.123 e. The molecule has 0 saturated heterocycles. The molecule has 0 aromatic heterocycles. The summed E-state index contributed by atoms with van der Waals surface area (Å²) in [6.07, 6.45) is 0. The van der Waals surface area contributed by atoms with Crippen LogP contribution in [0, 0.1) is 5.82 Å². The molecule has 0 radical (unpaired) electrons. The highest BCUT2D eigenvalue weighted by Crippen LogP contribution is 2.26. The summed E-state index contributed by atoms with van der Waals surface area (Å²) in [5, 5.41) is 0.509. The van der Waals surface area contributed by atoms with Gasteiger partial charge in [-0.3, -0.25) is 0 Å². The second kappa shape index (κ2) is 3.91. The molecule has 2 aromatic carbocycles. The van der Waals surface area contributed by atoms with Crippen LogP contribution in [0.1, 0.15) is 0 Å². The molecule has 2 rings (SSSR count). The molecular weight excluding hydrogens is 213 g/mol. The molecule has 0 aliphatic rings. The number of nitrogen functional groups attached to an aromatic ring is 1. The Morgan fingerprint density at radius 1 is 1.00 bits per heavy atom. The van der Waals surface area contributed by atoms with E-state index in [1.54, 1.807) is 18.2 Å². The number of hydrogen-bond donors (Lipinski definition) is 1. The number of rotatable bonds is 1. The zero-order valence-corrected chi connectivity index (χ0v) is 8.63. The molecule has 76 valence electrons. The van der Waals surface area contributed by atoms with Crippen molar-refractivity contribution in [2.75, 3.05) is 5.73 Å². The molecule has 0 spiro atoms. The zero-order valence-electron chi connectivity index (χ0n) is 7.87. The molecule has 0 aliphatic carbocycles. The van der Waals surface area contributed by atoms with E-state index in [1.165, 1.54) is 12.1 Å². The highest BCUT2D eigenvalue weighted by atomic mass is 35.5. The molecule has 0 aliphatic heterocycles. The minimum Gasteiger partial charge on any atom is -0.398 e. The average Bonchev–Trinajstić information content (AvgIpc) is 2.22. The predicted octanol–water partition coefficient (Wildman–Crippen LogP) is 3.73. The van der Waals surface area contributed by atoms with Crippen molar-refractivity contribution in [1.29, 1.82) is 0 Å². The molecule has 0 amide bonds. The Bertz CT molecular complexity index is 497. The maximum absolute atomic E-state index is 13.0. The van der Waals surface area contributed by atoms with E-state index in [1.807, 2.05) is 12.1 Å². The Balaban J connectivity index is 2.50. The van der Waals surface area contributed by atoms with Crippen molar-refractivity contribution in [1.82, 2.24) is 0 Å². The molecule has 3 heteroatoms. The van der Waals surface area contributed by atoms with Crippen LogP contribution in [0.15, 0.2) is 42.5 Å². The summed E-state index contributed by atoms with van der Waals surface area (Å²) >= 11 is 5.80. The molecule has 2 aromatic rings. The van der Waals surface area contributed by atoms with Gasteiger partial charge in [0.25, 0.3) is 0 Å². The van der Waals surface area contributed by atoms with E-state index >= 15 is 0 Å². The van der Waals surface area contributed by atoms with Gasteiger partial charge in [0.05, 0.1) is 10.7 Å². The summed E-state index contributed by atoms with van der Waals surface area (Å²) in [5.41, 5.74) is 7.82. The van der Waals surface area contributed by atoms with E-state index in [0.29, 0.717) is 10.7 Å². The SMILES string of the molecule is Nc1cc(-c2cccc(F)c2)ccc1Cl. The lowest BCUT2D eigenvalue weighted by atomic mass is 10.1. The first-order chi connectivity index (χ1) is 7.16. The number of benzene rings is 2. The van der Waals surface area contributed by atoms with Crippen molar-refractivity contribution < 1.29 is 4.39 Å². The van der Waals surface area contributed by atoms with Crippen LogP contribution in [0.2, 0.25) is 5.02 Å². The third-order valence-corrected chi connectivity index (χ3v) is 2.50. The quantitative estimate of drug-likeness (QED) is 0.730. The van der Waals surface area contributed by atoms with Crippen LogP contribution in [0.5, 0.6) is 0 Å². The van der Waals surface area contributed by atoms with Crippen molar-refractivity contribution in [2.45, 2.75) is 0 Å². The van der Waals surface area contributed by atoms with Crippen molar-refractivity contribution in [3.63, 3.8) is 0 Å². The van der Waals surface area contributed by atoms with Crippen LogP contribution in [0.3, 0.4) is 0 Å². The standard InChI is InChI=1S/C12H9ClFN/c13-11-5-4-9(7-12(11)15)8-2-1-3-10(14)6-8/h1-7H,15H2. The lowest BCUT2D eigenvalue weighted by Gasteiger charge is -2.04. The van der Waals surface area contributed by atoms with Gasteiger partial charge in [0.15, 0.2) is 0 Å². The van der Waals surface area contributed by atoms with Gasteiger partial charge in [-0.25, -0.2) is 4.39 Å². The van der Waals surface area contributed by atoms with Gasteiger partial charge >= 0.3 is 0 Å². The van der Waals surface area contributed by atoms with Gasteiger partial charge in [0.2, 0.25) is 0 Å². The molecule has 15 heavy (non-hydrogen) atoms. The minimum absolute atomic E-state index is 0.263. The van der Waals surface area contributed by atoms with E-state index in [-0.39, 0.29) is 5.82 Å². The second-order valence-electron chi connectivity index (χ2n) is 3.25. The number of hydrogen-bond acceptors (Lipinski definition) is 1. The summed E-state index contributed by atoms with van der Waals surface area (Å²) in [6.45, 7) is 0. The molecule has 0 bridgehead atoms. The Hall–Kier alpha value is -1.54. The molecule has 0 saturated carbocycles. The van der Waals surface area contributed by atoms with Gasteiger partial charge < -0.3 is 5.73 Å². The largest absolute Gasteiger partial charge is 0.398 e. The van der Waals surface area contributed by atoms with E-state index in [2.05, 4.69) is 0 Å². The summed E-state index contributed by atoms with van der Waals surface area (Å²) in [7, 11) is 0. The normalized spacial score (nSPS) is 10.3. The molecule has 1 nitrogen and oxygen atoms in total. The highest BCUT2D eigenvalue weighted by molar-refractivity contribution is 6.33. The topological polar surface area (TPSA) is 26.0 Å². The van der Waals surface area contributed by atoms with Gasteiger partial charge in [-0.05, 0) is 35.4 Å². The summed E-state index contributed by atoms with van der Waals surface area (Å²) in [5.74, 6) is -0.263. The molecule has 0 heterocycles. The van der Waals surface area contributed by atoms with Crippen molar-refractivity contribution in [3.05, 3.63) is 53.3 Å². The van der Waals surface area contributed by atoms with Crippen molar-refractivity contribution in [2.24, 2.45) is 0 Å².